The number of likely N-dealkylation sites (tertiary alicyclic amines) is 1. The zero-order valence-corrected chi connectivity index (χ0v) is 17.2. The summed E-state index contributed by atoms with van der Waals surface area (Å²) in [7, 11) is 2.18. The first-order valence-corrected chi connectivity index (χ1v) is 10.7. The normalized spacial score (nSPS) is 24.7. The number of amides is 1. The van der Waals surface area contributed by atoms with Gasteiger partial charge in [-0.2, -0.15) is 0 Å². The summed E-state index contributed by atoms with van der Waals surface area (Å²) in [5, 5.41) is 14.4. The number of fused-ring (bicyclic) bond motifs is 1. The molecule has 6 nitrogen and oxygen atoms in total. The number of thiazole rings is 1. The number of nitrogens with zero attached hydrogens (tertiary/aromatic N) is 2. The Labute approximate surface area is 169 Å². The van der Waals surface area contributed by atoms with E-state index in [1.54, 1.807) is 23.5 Å². The number of piperidine rings is 1. The maximum atomic E-state index is 12.8. The van der Waals surface area contributed by atoms with Gasteiger partial charge in [0.2, 0.25) is 0 Å². The molecule has 1 saturated heterocycles. The highest BCUT2D eigenvalue weighted by atomic mass is 32.1. The van der Waals surface area contributed by atoms with E-state index in [-0.39, 0.29) is 17.7 Å². The van der Waals surface area contributed by atoms with Gasteiger partial charge in [0.05, 0.1) is 0 Å². The minimum absolute atomic E-state index is 0.0733. The molecule has 4 N–H and O–H groups in total. The van der Waals surface area contributed by atoms with E-state index >= 15 is 0 Å². The van der Waals surface area contributed by atoms with Crippen molar-refractivity contribution in [3.63, 3.8) is 0 Å². The van der Waals surface area contributed by atoms with Gasteiger partial charge in [0.1, 0.15) is 10.7 Å². The Morgan fingerprint density at radius 1 is 1.39 bits per heavy atom. The molecule has 148 valence electrons. The fraction of sp³-hybridized carbons (Fsp3) is 0.476. The molecule has 0 radical (unpaired) electrons. The van der Waals surface area contributed by atoms with Gasteiger partial charge >= 0.3 is 0 Å². The van der Waals surface area contributed by atoms with E-state index in [1.807, 2.05) is 18.4 Å². The highest BCUT2D eigenvalue weighted by molar-refractivity contribution is 7.13. The van der Waals surface area contributed by atoms with Crippen LogP contribution in [0.1, 0.15) is 36.9 Å². The van der Waals surface area contributed by atoms with Crippen molar-refractivity contribution < 1.29 is 4.79 Å². The van der Waals surface area contributed by atoms with E-state index in [0.717, 1.165) is 35.7 Å². The van der Waals surface area contributed by atoms with Crippen molar-refractivity contribution in [1.82, 2.24) is 15.2 Å². The standard InChI is InChI=1S/C21H27N5OS/c1-12-11-28-21(24-12)14-5-6-17(22)16(9-14)19(23)20(27)25-15-8-13-4-3-7-26(2)18(13)10-15/h5-6,9,11,13,15,18,23H,3-4,7-8,10,22H2,1-2H3,(H,25,27)/t13?,15-,18?/m0/s1. The Bertz CT molecular complexity index is 908. The smallest absolute Gasteiger partial charge is 0.270 e. The van der Waals surface area contributed by atoms with E-state index in [0.29, 0.717) is 23.2 Å². The highest BCUT2D eigenvalue weighted by Crippen LogP contribution is 2.36. The Morgan fingerprint density at radius 2 is 2.21 bits per heavy atom. The summed E-state index contributed by atoms with van der Waals surface area (Å²) in [6.45, 7) is 3.08. The van der Waals surface area contributed by atoms with Crippen LogP contribution in [-0.4, -0.2) is 47.2 Å². The maximum Gasteiger partial charge on any atom is 0.270 e. The van der Waals surface area contributed by atoms with Crippen LogP contribution in [0.25, 0.3) is 10.6 Å². The second kappa shape index (κ2) is 7.64. The van der Waals surface area contributed by atoms with Gasteiger partial charge in [-0.15, -0.1) is 11.3 Å². The average molecular weight is 398 g/mol. The molecule has 1 aromatic heterocycles. The lowest BCUT2D eigenvalue weighted by atomic mass is 9.92. The molecule has 2 aliphatic rings. The first-order valence-electron chi connectivity index (χ1n) is 9.84. The third-order valence-corrected chi connectivity index (χ3v) is 7.07. The second-order valence-corrected chi connectivity index (χ2v) is 8.92. The molecule has 7 heteroatoms. The molecule has 2 fully saturated rings. The number of anilines is 1. The Balaban J connectivity index is 1.47. The van der Waals surface area contributed by atoms with E-state index in [1.165, 1.54) is 12.8 Å². The summed E-state index contributed by atoms with van der Waals surface area (Å²) in [4.78, 5) is 19.7. The summed E-state index contributed by atoms with van der Waals surface area (Å²) in [5.41, 5.74) is 8.77. The van der Waals surface area contributed by atoms with E-state index in [4.69, 9.17) is 11.1 Å². The van der Waals surface area contributed by atoms with Crippen LogP contribution in [0.2, 0.25) is 0 Å². The molecule has 1 saturated carbocycles. The Hall–Kier alpha value is -2.25. The molecule has 2 unspecified atom stereocenters. The van der Waals surface area contributed by atoms with Gasteiger partial charge in [-0.05, 0) is 70.3 Å². The molecule has 28 heavy (non-hydrogen) atoms. The van der Waals surface area contributed by atoms with Gasteiger partial charge < -0.3 is 16.0 Å². The number of nitrogens with two attached hydrogens (primary N) is 1. The van der Waals surface area contributed by atoms with Crippen LogP contribution >= 0.6 is 11.3 Å². The van der Waals surface area contributed by atoms with E-state index < -0.39 is 0 Å². The molecule has 1 aromatic carbocycles. The SMILES string of the molecule is Cc1csc(-c2ccc(N)c(C(=N)C(=O)N[C@H]3CC4CCCN(C)C4C3)c2)n1. The molecule has 2 aromatic rings. The summed E-state index contributed by atoms with van der Waals surface area (Å²) >= 11 is 1.55. The molecular weight excluding hydrogens is 370 g/mol. The van der Waals surface area contributed by atoms with Crippen molar-refractivity contribution >= 4 is 28.6 Å². The lowest BCUT2D eigenvalue weighted by Crippen LogP contribution is -2.41. The Morgan fingerprint density at radius 3 is 2.93 bits per heavy atom. The largest absolute Gasteiger partial charge is 0.398 e. The highest BCUT2D eigenvalue weighted by Gasteiger charge is 2.39. The number of hydrogen-bond acceptors (Lipinski definition) is 6. The molecule has 2 heterocycles. The predicted molar refractivity (Wildman–Crippen MR) is 114 cm³/mol. The molecule has 1 aliphatic carbocycles. The van der Waals surface area contributed by atoms with Gasteiger partial charge in [0.15, 0.2) is 0 Å². The number of aromatic nitrogens is 1. The van der Waals surface area contributed by atoms with Gasteiger partial charge in [0, 0.05) is 40.0 Å². The summed E-state index contributed by atoms with van der Waals surface area (Å²) < 4.78 is 0. The molecule has 1 amide bonds. The lowest BCUT2D eigenvalue weighted by Gasteiger charge is -2.34. The number of aryl methyl sites for hydroxylation is 1. The number of carbonyl (C=O) groups is 1. The first kappa shape index (κ1) is 19.1. The molecule has 4 rings (SSSR count). The van der Waals surface area contributed by atoms with E-state index in [9.17, 15) is 4.79 Å². The summed E-state index contributed by atoms with van der Waals surface area (Å²) in [6, 6.07) is 6.13. The number of hydrogen-bond donors (Lipinski definition) is 3. The van der Waals surface area contributed by atoms with Crippen LogP contribution in [0.5, 0.6) is 0 Å². The van der Waals surface area contributed by atoms with Crippen molar-refractivity contribution in [3.05, 3.63) is 34.8 Å². The first-order chi connectivity index (χ1) is 13.4. The number of rotatable bonds is 4. The topological polar surface area (TPSA) is 95.1 Å². The zero-order chi connectivity index (χ0) is 19.8. The van der Waals surface area contributed by atoms with Gasteiger partial charge in [-0.3, -0.25) is 10.2 Å². The van der Waals surface area contributed by atoms with E-state index in [2.05, 4.69) is 22.2 Å². The lowest BCUT2D eigenvalue weighted by molar-refractivity contribution is -0.115. The molecule has 1 aliphatic heterocycles. The molecule has 0 bridgehead atoms. The monoisotopic (exact) mass is 397 g/mol. The third kappa shape index (κ3) is 3.69. The van der Waals surface area contributed by atoms with Gasteiger partial charge in [0.25, 0.3) is 5.91 Å². The number of nitrogens with one attached hydrogen (secondary N) is 2. The van der Waals surface area contributed by atoms with Crippen molar-refractivity contribution in [2.75, 3.05) is 19.3 Å². The van der Waals surface area contributed by atoms with Crippen molar-refractivity contribution in [2.24, 2.45) is 5.92 Å². The summed E-state index contributed by atoms with van der Waals surface area (Å²) in [6.07, 6.45) is 4.44. The van der Waals surface area contributed by atoms with Crippen LogP contribution < -0.4 is 11.1 Å². The predicted octanol–water partition coefficient (Wildman–Crippen LogP) is 3.06. The number of carbonyl (C=O) groups excluding carboxylic acids is 1. The van der Waals surface area contributed by atoms with Gasteiger partial charge in [-0.1, -0.05) is 0 Å². The summed E-state index contributed by atoms with van der Waals surface area (Å²) in [5.74, 6) is 0.310. The Kier molecular flexibility index (Phi) is 5.21. The number of benzene rings is 1. The fourth-order valence-corrected chi connectivity index (χ4v) is 5.41. The second-order valence-electron chi connectivity index (χ2n) is 8.06. The fourth-order valence-electron chi connectivity index (χ4n) is 4.61. The molecule has 3 atom stereocenters. The van der Waals surface area contributed by atoms with Gasteiger partial charge in [-0.25, -0.2) is 4.98 Å². The third-order valence-electron chi connectivity index (χ3n) is 6.06. The van der Waals surface area contributed by atoms with Crippen LogP contribution in [-0.2, 0) is 4.79 Å². The van der Waals surface area contributed by atoms with Crippen molar-refractivity contribution in [1.29, 1.82) is 5.41 Å². The maximum absolute atomic E-state index is 12.8. The van der Waals surface area contributed by atoms with Crippen LogP contribution in [0.15, 0.2) is 23.6 Å². The quantitative estimate of drug-likeness (QED) is 0.546. The average Bonchev–Trinajstić information content (AvgIpc) is 3.28. The van der Waals surface area contributed by atoms with Crippen LogP contribution in [0.4, 0.5) is 5.69 Å². The minimum atomic E-state index is -0.342. The molecular formula is C21H27N5OS. The molecule has 0 spiro atoms. The number of nitrogen functional groups attached to an aromatic ring is 1. The minimum Gasteiger partial charge on any atom is -0.398 e. The van der Waals surface area contributed by atoms with Crippen LogP contribution in [0.3, 0.4) is 0 Å². The van der Waals surface area contributed by atoms with Crippen molar-refractivity contribution in [3.8, 4) is 10.6 Å². The van der Waals surface area contributed by atoms with Crippen LogP contribution in [0, 0.1) is 18.3 Å². The zero-order valence-electron chi connectivity index (χ0n) is 16.4. The van der Waals surface area contributed by atoms with Crippen molar-refractivity contribution in [2.45, 2.75) is 44.7 Å².